The van der Waals surface area contributed by atoms with Gasteiger partial charge in [-0.05, 0) is 13.8 Å². The van der Waals surface area contributed by atoms with Gasteiger partial charge < -0.3 is 19.4 Å². The lowest BCUT2D eigenvalue weighted by Crippen LogP contribution is -2.35. The first-order valence-electron chi connectivity index (χ1n) is 6.23. The number of aromatic nitrogens is 2. The van der Waals surface area contributed by atoms with Crippen LogP contribution in [0.3, 0.4) is 0 Å². The number of aromatic amines is 1. The number of nitrogens with zero attached hydrogens (tertiary/aromatic N) is 2. The van der Waals surface area contributed by atoms with Crippen molar-refractivity contribution in [3.05, 3.63) is 22.7 Å². The minimum absolute atomic E-state index is 0.189. The molecule has 0 spiro atoms. The molecular weight excluding hydrogens is 234 g/mol. The molecule has 6 nitrogen and oxygen atoms in total. The highest BCUT2D eigenvalue weighted by Gasteiger charge is 2.11. The number of rotatable bonds is 9. The second-order valence-corrected chi connectivity index (χ2v) is 3.62. The Labute approximate surface area is 107 Å². The van der Waals surface area contributed by atoms with Crippen LogP contribution in [0, 0.1) is 0 Å². The van der Waals surface area contributed by atoms with Crippen LogP contribution < -0.4 is 10.5 Å². The SMILES string of the molecule is CCOCCN(CCOCC)c1ncc[nH]c1=O. The summed E-state index contributed by atoms with van der Waals surface area (Å²) in [6, 6.07) is 0. The van der Waals surface area contributed by atoms with Crippen molar-refractivity contribution in [2.24, 2.45) is 0 Å². The number of ether oxygens (including phenoxy) is 2. The molecule has 0 amide bonds. The highest BCUT2D eigenvalue weighted by molar-refractivity contribution is 5.34. The Kier molecular flexibility index (Phi) is 7.05. The second-order valence-electron chi connectivity index (χ2n) is 3.62. The molecular formula is C12H21N3O3. The van der Waals surface area contributed by atoms with Crippen molar-refractivity contribution in [3.63, 3.8) is 0 Å². The van der Waals surface area contributed by atoms with Crippen molar-refractivity contribution in [1.29, 1.82) is 0 Å². The van der Waals surface area contributed by atoms with Crippen molar-refractivity contribution >= 4 is 5.82 Å². The summed E-state index contributed by atoms with van der Waals surface area (Å²) in [5.74, 6) is 0.414. The zero-order valence-corrected chi connectivity index (χ0v) is 11.0. The fourth-order valence-electron chi connectivity index (χ4n) is 1.53. The Balaban J connectivity index is 2.63. The summed E-state index contributed by atoms with van der Waals surface area (Å²) in [5.41, 5.74) is -0.189. The zero-order chi connectivity index (χ0) is 13.2. The van der Waals surface area contributed by atoms with Gasteiger partial charge in [-0.1, -0.05) is 0 Å². The van der Waals surface area contributed by atoms with Crippen molar-refractivity contribution in [3.8, 4) is 0 Å². The van der Waals surface area contributed by atoms with E-state index in [1.54, 1.807) is 6.20 Å². The monoisotopic (exact) mass is 255 g/mol. The summed E-state index contributed by atoms with van der Waals surface area (Å²) >= 11 is 0. The number of hydrogen-bond donors (Lipinski definition) is 1. The first-order chi connectivity index (χ1) is 8.79. The lowest BCUT2D eigenvalue weighted by molar-refractivity contribution is 0.141. The van der Waals surface area contributed by atoms with E-state index >= 15 is 0 Å². The Hall–Kier alpha value is -1.40. The van der Waals surface area contributed by atoms with E-state index in [1.807, 2.05) is 18.7 Å². The van der Waals surface area contributed by atoms with Crippen molar-refractivity contribution in [2.45, 2.75) is 13.8 Å². The van der Waals surface area contributed by atoms with Gasteiger partial charge in [0.1, 0.15) is 0 Å². The molecule has 0 atom stereocenters. The first-order valence-corrected chi connectivity index (χ1v) is 6.23. The summed E-state index contributed by atoms with van der Waals surface area (Å²) in [6.45, 7) is 7.60. The molecule has 0 aromatic carbocycles. The molecule has 0 fully saturated rings. The molecule has 0 bridgehead atoms. The Morgan fingerprint density at radius 1 is 1.22 bits per heavy atom. The third-order valence-electron chi connectivity index (χ3n) is 2.41. The van der Waals surface area contributed by atoms with E-state index in [1.165, 1.54) is 6.20 Å². The van der Waals surface area contributed by atoms with Gasteiger partial charge in [0, 0.05) is 38.7 Å². The minimum Gasteiger partial charge on any atom is -0.380 e. The lowest BCUT2D eigenvalue weighted by Gasteiger charge is -2.22. The van der Waals surface area contributed by atoms with Gasteiger partial charge in [-0.2, -0.15) is 0 Å². The zero-order valence-electron chi connectivity index (χ0n) is 11.0. The van der Waals surface area contributed by atoms with E-state index < -0.39 is 0 Å². The quantitative estimate of drug-likeness (QED) is 0.656. The lowest BCUT2D eigenvalue weighted by atomic mass is 10.4. The summed E-state index contributed by atoms with van der Waals surface area (Å²) in [4.78, 5) is 20.3. The molecule has 0 aliphatic heterocycles. The van der Waals surface area contributed by atoms with Crippen LogP contribution in [-0.2, 0) is 9.47 Å². The van der Waals surface area contributed by atoms with E-state index in [-0.39, 0.29) is 5.56 Å². The molecule has 0 saturated carbocycles. The fraction of sp³-hybridized carbons (Fsp3) is 0.667. The third-order valence-corrected chi connectivity index (χ3v) is 2.41. The molecule has 0 saturated heterocycles. The highest BCUT2D eigenvalue weighted by Crippen LogP contribution is 2.02. The van der Waals surface area contributed by atoms with Gasteiger partial charge in [0.15, 0.2) is 5.82 Å². The molecule has 1 heterocycles. The molecule has 1 aromatic rings. The topological polar surface area (TPSA) is 67.5 Å². The Bertz CT molecular complexity index is 371. The number of hydrogen-bond acceptors (Lipinski definition) is 5. The predicted octanol–water partition coefficient (Wildman–Crippen LogP) is 0.649. The van der Waals surface area contributed by atoms with Crippen LogP contribution in [0.5, 0.6) is 0 Å². The van der Waals surface area contributed by atoms with Gasteiger partial charge in [0.05, 0.1) is 13.2 Å². The molecule has 0 aliphatic rings. The van der Waals surface area contributed by atoms with Crippen molar-refractivity contribution < 1.29 is 9.47 Å². The summed E-state index contributed by atoms with van der Waals surface area (Å²) in [5, 5.41) is 0. The van der Waals surface area contributed by atoms with Crippen LogP contribution in [-0.4, -0.2) is 49.5 Å². The minimum atomic E-state index is -0.189. The highest BCUT2D eigenvalue weighted by atomic mass is 16.5. The summed E-state index contributed by atoms with van der Waals surface area (Å²) < 4.78 is 10.6. The smallest absolute Gasteiger partial charge is 0.290 e. The number of anilines is 1. The van der Waals surface area contributed by atoms with Crippen molar-refractivity contribution in [1.82, 2.24) is 9.97 Å². The Morgan fingerprint density at radius 2 is 1.83 bits per heavy atom. The summed E-state index contributed by atoms with van der Waals surface area (Å²) in [7, 11) is 0. The van der Waals surface area contributed by atoms with Gasteiger partial charge >= 0.3 is 0 Å². The van der Waals surface area contributed by atoms with Crippen LogP contribution in [0.2, 0.25) is 0 Å². The van der Waals surface area contributed by atoms with Crippen LogP contribution in [0.25, 0.3) is 0 Å². The fourth-order valence-corrected chi connectivity index (χ4v) is 1.53. The molecule has 1 aromatic heterocycles. The van der Waals surface area contributed by atoms with Crippen LogP contribution >= 0.6 is 0 Å². The standard InChI is InChI=1S/C12H21N3O3/c1-3-17-9-7-15(8-10-18-4-2)11-12(16)14-6-5-13-11/h5-6H,3-4,7-10H2,1-2H3,(H,14,16). The molecule has 6 heteroatoms. The molecule has 0 aliphatic carbocycles. The Morgan fingerprint density at radius 3 is 2.33 bits per heavy atom. The molecule has 102 valence electrons. The van der Waals surface area contributed by atoms with Crippen LogP contribution in [0.4, 0.5) is 5.82 Å². The maximum absolute atomic E-state index is 11.7. The molecule has 0 unspecified atom stereocenters. The van der Waals surface area contributed by atoms with E-state index in [0.29, 0.717) is 45.3 Å². The second kappa shape index (κ2) is 8.66. The van der Waals surface area contributed by atoms with E-state index in [4.69, 9.17) is 9.47 Å². The maximum Gasteiger partial charge on any atom is 0.290 e. The van der Waals surface area contributed by atoms with E-state index in [2.05, 4.69) is 9.97 Å². The third kappa shape index (κ3) is 4.85. The molecule has 0 radical (unpaired) electrons. The molecule has 18 heavy (non-hydrogen) atoms. The first kappa shape index (κ1) is 14.7. The van der Waals surface area contributed by atoms with Gasteiger partial charge in [-0.25, -0.2) is 4.98 Å². The van der Waals surface area contributed by atoms with E-state index in [0.717, 1.165) is 0 Å². The van der Waals surface area contributed by atoms with Crippen molar-refractivity contribution in [2.75, 3.05) is 44.4 Å². The average Bonchev–Trinajstić information content (AvgIpc) is 2.38. The molecule has 1 rings (SSSR count). The van der Waals surface area contributed by atoms with E-state index in [9.17, 15) is 4.79 Å². The van der Waals surface area contributed by atoms with Crippen LogP contribution in [0.1, 0.15) is 13.8 Å². The van der Waals surface area contributed by atoms with Gasteiger partial charge in [-0.3, -0.25) is 4.79 Å². The summed E-state index contributed by atoms with van der Waals surface area (Å²) in [6.07, 6.45) is 3.10. The maximum atomic E-state index is 11.7. The van der Waals surface area contributed by atoms with Gasteiger partial charge in [-0.15, -0.1) is 0 Å². The van der Waals surface area contributed by atoms with Crippen LogP contribution in [0.15, 0.2) is 17.2 Å². The average molecular weight is 255 g/mol. The number of H-pyrrole nitrogens is 1. The number of nitrogens with one attached hydrogen (secondary N) is 1. The van der Waals surface area contributed by atoms with Gasteiger partial charge in [0.25, 0.3) is 5.56 Å². The van der Waals surface area contributed by atoms with Gasteiger partial charge in [0.2, 0.25) is 0 Å². The largest absolute Gasteiger partial charge is 0.380 e. The normalized spacial score (nSPS) is 10.6. The predicted molar refractivity (Wildman–Crippen MR) is 70.1 cm³/mol. The molecule has 1 N–H and O–H groups in total.